The summed E-state index contributed by atoms with van der Waals surface area (Å²) in [6, 6.07) is 9.66. The maximum absolute atomic E-state index is 13.5. The number of primary amides is 1. The lowest BCUT2D eigenvalue weighted by Gasteiger charge is -2.41. The Balaban J connectivity index is 1.60. The summed E-state index contributed by atoms with van der Waals surface area (Å²) in [5.41, 5.74) is 7.16. The highest BCUT2D eigenvalue weighted by Crippen LogP contribution is 2.51. The summed E-state index contributed by atoms with van der Waals surface area (Å²) < 4.78 is 25.4. The lowest BCUT2D eigenvalue weighted by atomic mass is 9.61. The molecule has 3 atom stereocenters. The van der Waals surface area contributed by atoms with Gasteiger partial charge in [-0.25, -0.2) is 8.42 Å². The summed E-state index contributed by atoms with van der Waals surface area (Å²) in [6.45, 7) is 0. The molecule has 0 radical (unpaired) electrons. The van der Waals surface area contributed by atoms with Crippen LogP contribution in [0.15, 0.2) is 53.3 Å². The number of carbonyl (C=O) groups excluding carboxylic acids is 3. The van der Waals surface area contributed by atoms with Crippen molar-refractivity contribution in [2.75, 3.05) is 11.0 Å². The van der Waals surface area contributed by atoms with Crippen LogP contribution in [0.5, 0.6) is 5.75 Å². The number of Topliss-reactive ketones (excluding diaryl/α,β-unsaturated/α-hetero) is 2. The van der Waals surface area contributed by atoms with Crippen molar-refractivity contribution in [2.45, 2.75) is 19.3 Å². The van der Waals surface area contributed by atoms with Gasteiger partial charge in [0.1, 0.15) is 22.8 Å². The van der Waals surface area contributed by atoms with Crippen LogP contribution >= 0.6 is 0 Å². The van der Waals surface area contributed by atoms with E-state index in [2.05, 4.69) is 4.72 Å². The zero-order valence-electron chi connectivity index (χ0n) is 19.7. The minimum atomic E-state index is -3.45. The Morgan fingerprint density at radius 2 is 1.70 bits per heavy atom. The standard InChI is InChI=1S/C26H24N2O8S/c1-37(35,36)28-14-4-2-11(3-5-14)15-6-7-17(29)21-16(15)9-12-8-13-10-18(30)22(26(27)34)25(33)20(13)23(31)19(12)24(21)32/h2-7,12-13,20,28-29,32-33H,8-10H2,1H3,(H2,27,34)/t12-,13+,20?/m1/s1. The van der Waals surface area contributed by atoms with E-state index in [4.69, 9.17) is 5.73 Å². The van der Waals surface area contributed by atoms with Crippen LogP contribution in [0, 0.1) is 17.8 Å². The summed E-state index contributed by atoms with van der Waals surface area (Å²) >= 11 is 0. The molecule has 10 nitrogen and oxygen atoms in total. The second-order valence-electron chi connectivity index (χ2n) is 9.69. The number of aliphatic hydroxyl groups is 2. The summed E-state index contributed by atoms with van der Waals surface area (Å²) in [6.07, 6.45) is 1.49. The minimum absolute atomic E-state index is 0.0404. The van der Waals surface area contributed by atoms with E-state index >= 15 is 0 Å². The number of fused-ring (bicyclic) bond motifs is 3. The number of hydrogen-bond acceptors (Lipinski definition) is 8. The first-order valence-corrected chi connectivity index (χ1v) is 13.4. The number of ketones is 2. The van der Waals surface area contributed by atoms with Crippen LogP contribution < -0.4 is 10.5 Å². The molecule has 1 amide bonds. The number of aliphatic hydroxyl groups excluding tert-OH is 2. The molecule has 1 saturated carbocycles. The third-order valence-corrected chi connectivity index (χ3v) is 7.88. The molecule has 3 aliphatic rings. The third-order valence-electron chi connectivity index (χ3n) is 7.27. The maximum Gasteiger partial charge on any atom is 0.255 e. The molecule has 192 valence electrons. The largest absolute Gasteiger partial charge is 0.511 e. The smallest absolute Gasteiger partial charge is 0.255 e. The number of phenols is 1. The molecule has 0 aliphatic heterocycles. The van der Waals surface area contributed by atoms with Gasteiger partial charge in [0.15, 0.2) is 11.6 Å². The Hall–Kier alpha value is -4.12. The highest BCUT2D eigenvalue weighted by molar-refractivity contribution is 7.92. The van der Waals surface area contributed by atoms with Crippen LogP contribution in [0.1, 0.15) is 24.0 Å². The monoisotopic (exact) mass is 524 g/mol. The SMILES string of the molecule is CS(=O)(=O)Nc1ccc(-c2ccc(O)c3c2C[C@H]2C[C@H]4CC(=O)C(C(N)=O)=C(O)C4C(=O)C2=C3O)cc1. The van der Waals surface area contributed by atoms with Crippen molar-refractivity contribution < 1.29 is 38.1 Å². The molecule has 2 aromatic rings. The van der Waals surface area contributed by atoms with E-state index in [-0.39, 0.29) is 29.7 Å². The first-order chi connectivity index (χ1) is 17.4. The Labute approximate surface area is 212 Å². The third kappa shape index (κ3) is 4.05. The topological polar surface area (TPSA) is 184 Å². The number of allylic oxidation sites excluding steroid dienone is 2. The van der Waals surface area contributed by atoms with Crippen LogP contribution in [-0.2, 0) is 30.8 Å². The fourth-order valence-corrected chi connectivity index (χ4v) is 6.41. The Morgan fingerprint density at radius 3 is 2.32 bits per heavy atom. The molecule has 0 spiro atoms. The summed E-state index contributed by atoms with van der Waals surface area (Å²) in [5.74, 6) is -5.85. The van der Waals surface area contributed by atoms with E-state index in [1.54, 1.807) is 30.3 Å². The molecular weight excluding hydrogens is 500 g/mol. The average Bonchev–Trinajstić information content (AvgIpc) is 2.78. The van der Waals surface area contributed by atoms with Crippen LogP contribution in [0.25, 0.3) is 16.9 Å². The molecule has 37 heavy (non-hydrogen) atoms. The number of rotatable bonds is 4. The van der Waals surface area contributed by atoms with Gasteiger partial charge < -0.3 is 21.1 Å². The molecular formula is C26H24N2O8S. The first-order valence-electron chi connectivity index (χ1n) is 11.5. The minimum Gasteiger partial charge on any atom is -0.511 e. The fraction of sp³-hybridized carbons (Fsp3) is 0.269. The predicted octanol–water partition coefficient (Wildman–Crippen LogP) is 2.35. The average molecular weight is 525 g/mol. The lowest BCUT2D eigenvalue weighted by molar-refractivity contribution is -0.127. The number of nitrogens with one attached hydrogen (secondary N) is 1. The summed E-state index contributed by atoms with van der Waals surface area (Å²) in [4.78, 5) is 37.7. The number of carbonyl (C=O) groups is 3. The lowest BCUT2D eigenvalue weighted by Crippen LogP contribution is -2.44. The van der Waals surface area contributed by atoms with Gasteiger partial charge >= 0.3 is 0 Å². The van der Waals surface area contributed by atoms with Gasteiger partial charge in [0.2, 0.25) is 10.0 Å². The number of hydrogen-bond donors (Lipinski definition) is 5. The van der Waals surface area contributed by atoms with E-state index in [1.165, 1.54) is 6.07 Å². The molecule has 0 aromatic heterocycles. The number of benzene rings is 2. The van der Waals surface area contributed by atoms with Crippen molar-refractivity contribution in [1.82, 2.24) is 0 Å². The second-order valence-corrected chi connectivity index (χ2v) is 11.4. The Kier molecular flexibility index (Phi) is 5.63. The van der Waals surface area contributed by atoms with E-state index in [1.807, 2.05) is 0 Å². The van der Waals surface area contributed by atoms with Gasteiger partial charge in [-0.05, 0) is 59.6 Å². The Bertz CT molecular complexity index is 1550. The fourth-order valence-electron chi connectivity index (χ4n) is 5.84. The molecule has 1 fully saturated rings. The van der Waals surface area contributed by atoms with Gasteiger partial charge in [0.25, 0.3) is 5.91 Å². The molecule has 0 bridgehead atoms. The quantitative estimate of drug-likeness (QED) is 0.377. The number of nitrogens with two attached hydrogens (primary N) is 1. The van der Waals surface area contributed by atoms with Crippen molar-refractivity contribution in [3.05, 3.63) is 64.4 Å². The molecule has 1 unspecified atom stereocenters. The normalized spacial score (nSPS) is 23.3. The summed E-state index contributed by atoms with van der Waals surface area (Å²) in [5, 5.41) is 32.5. The van der Waals surface area contributed by atoms with Gasteiger partial charge in [-0.3, -0.25) is 19.1 Å². The molecule has 5 rings (SSSR count). The van der Waals surface area contributed by atoms with Crippen molar-refractivity contribution in [2.24, 2.45) is 23.5 Å². The predicted molar refractivity (Wildman–Crippen MR) is 134 cm³/mol. The second kappa shape index (κ2) is 8.48. The number of aromatic hydroxyl groups is 1. The summed E-state index contributed by atoms with van der Waals surface area (Å²) in [7, 11) is -3.45. The van der Waals surface area contributed by atoms with Gasteiger partial charge in [-0.2, -0.15) is 0 Å². The number of phenolic OH excluding ortho intramolecular Hbond substituents is 1. The van der Waals surface area contributed by atoms with Gasteiger partial charge in [-0.15, -0.1) is 0 Å². The number of anilines is 1. The Morgan fingerprint density at radius 1 is 1.03 bits per heavy atom. The zero-order chi connectivity index (χ0) is 26.8. The van der Waals surface area contributed by atoms with E-state index < -0.39 is 62.3 Å². The molecule has 2 aromatic carbocycles. The molecule has 0 saturated heterocycles. The van der Waals surface area contributed by atoms with Crippen LogP contribution in [0.3, 0.4) is 0 Å². The van der Waals surface area contributed by atoms with Gasteiger partial charge in [0.05, 0.1) is 17.7 Å². The van der Waals surface area contributed by atoms with E-state index in [0.29, 0.717) is 28.8 Å². The highest BCUT2D eigenvalue weighted by atomic mass is 32.2. The van der Waals surface area contributed by atoms with Crippen molar-refractivity contribution in [3.8, 4) is 16.9 Å². The number of sulfonamides is 1. The molecule has 0 heterocycles. The van der Waals surface area contributed by atoms with Crippen LogP contribution in [0.2, 0.25) is 0 Å². The van der Waals surface area contributed by atoms with E-state index in [9.17, 15) is 38.1 Å². The van der Waals surface area contributed by atoms with Crippen molar-refractivity contribution >= 4 is 38.9 Å². The van der Waals surface area contributed by atoms with Gasteiger partial charge in [-0.1, -0.05) is 18.2 Å². The maximum atomic E-state index is 13.5. The molecule has 6 N–H and O–H groups in total. The molecule has 3 aliphatic carbocycles. The van der Waals surface area contributed by atoms with Crippen molar-refractivity contribution in [1.29, 1.82) is 0 Å². The highest BCUT2D eigenvalue weighted by Gasteiger charge is 2.51. The zero-order valence-corrected chi connectivity index (χ0v) is 20.5. The number of amides is 1. The van der Waals surface area contributed by atoms with Crippen molar-refractivity contribution in [3.63, 3.8) is 0 Å². The first kappa shape index (κ1) is 24.6. The van der Waals surface area contributed by atoms with E-state index in [0.717, 1.165) is 6.26 Å². The van der Waals surface area contributed by atoms with Gasteiger partial charge in [0, 0.05) is 17.7 Å². The molecule has 11 heteroatoms. The van der Waals surface area contributed by atoms with Crippen LogP contribution in [-0.4, -0.2) is 47.5 Å². The van der Waals surface area contributed by atoms with Crippen LogP contribution in [0.4, 0.5) is 5.69 Å².